The Kier molecular flexibility index (Phi) is 9.66. The molecule has 0 amide bonds. The van der Waals surface area contributed by atoms with E-state index in [1.807, 2.05) is 0 Å². The van der Waals surface area contributed by atoms with Crippen LogP contribution < -0.4 is 10.6 Å². The van der Waals surface area contributed by atoms with Gasteiger partial charge in [-0.15, -0.1) is 0 Å². The molecule has 0 radical (unpaired) electrons. The lowest BCUT2D eigenvalue weighted by molar-refractivity contribution is 0.199. The molecule has 0 aromatic rings. The quantitative estimate of drug-likeness (QED) is 0.480. The number of nitrogens with one attached hydrogen (secondary N) is 2. The molecule has 0 aliphatic heterocycles. The van der Waals surface area contributed by atoms with Crippen LogP contribution in [0.15, 0.2) is 0 Å². The lowest BCUT2D eigenvalue weighted by Gasteiger charge is -2.14. The Morgan fingerprint density at radius 1 is 0.882 bits per heavy atom. The molecule has 0 aromatic heterocycles. The molecule has 0 heterocycles. The highest BCUT2D eigenvalue weighted by Crippen LogP contribution is 2.24. The average Bonchev–Trinajstić information content (AvgIpc) is 2.61. The van der Waals surface area contributed by atoms with E-state index in [0.29, 0.717) is 0 Å². The summed E-state index contributed by atoms with van der Waals surface area (Å²) in [5, 5.41) is 6.87. The fourth-order valence-electron chi connectivity index (χ4n) is 2.56. The molecule has 0 atom stereocenters. The first kappa shape index (κ1) is 14.9. The molecule has 3 nitrogen and oxygen atoms in total. The summed E-state index contributed by atoms with van der Waals surface area (Å²) in [6.45, 7) is 5.09. The van der Waals surface area contributed by atoms with Gasteiger partial charge in [-0.3, -0.25) is 0 Å². The topological polar surface area (TPSA) is 33.3 Å². The molecule has 1 saturated carbocycles. The van der Waals surface area contributed by atoms with Gasteiger partial charge < -0.3 is 15.4 Å². The van der Waals surface area contributed by atoms with Gasteiger partial charge in [0.2, 0.25) is 0 Å². The molecule has 1 aliphatic carbocycles. The molecule has 0 saturated heterocycles. The monoisotopic (exact) mass is 242 g/mol. The molecule has 1 fully saturated rings. The molecule has 1 aliphatic rings. The number of hydrogen-bond donors (Lipinski definition) is 2. The van der Waals surface area contributed by atoms with Crippen molar-refractivity contribution in [3.05, 3.63) is 0 Å². The number of ether oxygens (including phenoxy) is 1. The Morgan fingerprint density at radius 3 is 2.18 bits per heavy atom. The first-order valence-electron chi connectivity index (χ1n) is 7.34. The van der Waals surface area contributed by atoms with Crippen molar-refractivity contribution < 1.29 is 4.74 Å². The summed E-state index contributed by atoms with van der Waals surface area (Å²) in [4.78, 5) is 0. The minimum absolute atomic E-state index is 0.808. The van der Waals surface area contributed by atoms with Gasteiger partial charge in [0, 0.05) is 26.7 Å². The van der Waals surface area contributed by atoms with Gasteiger partial charge in [-0.05, 0) is 18.9 Å². The van der Waals surface area contributed by atoms with Crippen molar-refractivity contribution in [2.45, 2.75) is 44.9 Å². The lowest BCUT2D eigenvalue weighted by atomic mass is 9.97. The van der Waals surface area contributed by atoms with Crippen molar-refractivity contribution >= 4 is 0 Å². The van der Waals surface area contributed by atoms with Gasteiger partial charge in [0.1, 0.15) is 0 Å². The molecule has 0 unspecified atom stereocenters. The van der Waals surface area contributed by atoms with Crippen LogP contribution in [0, 0.1) is 5.92 Å². The average molecular weight is 242 g/mol. The molecule has 0 aromatic carbocycles. The zero-order valence-corrected chi connectivity index (χ0v) is 11.5. The standard InChI is InChI=1S/C14H30N2O/c1-17-13-12-16-11-10-15-9-8-14-6-4-2-3-5-7-14/h14-16H,2-13H2,1H3. The maximum Gasteiger partial charge on any atom is 0.0587 e. The zero-order valence-electron chi connectivity index (χ0n) is 11.5. The van der Waals surface area contributed by atoms with Crippen molar-refractivity contribution in [2.24, 2.45) is 5.92 Å². The van der Waals surface area contributed by atoms with Crippen LogP contribution in [-0.4, -0.2) is 39.9 Å². The minimum atomic E-state index is 0.808. The largest absolute Gasteiger partial charge is 0.383 e. The van der Waals surface area contributed by atoms with Crippen LogP contribution in [-0.2, 0) is 4.74 Å². The third-order valence-electron chi connectivity index (χ3n) is 3.67. The molecule has 0 bridgehead atoms. The van der Waals surface area contributed by atoms with Gasteiger partial charge >= 0.3 is 0 Å². The second kappa shape index (κ2) is 11.0. The van der Waals surface area contributed by atoms with E-state index in [1.54, 1.807) is 7.11 Å². The summed E-state index contributed by atoms with van der Waals surface area (Å²) in [5.74, 6) is 0.992. The summed E-state index contributed by atoms with van der Waals surface area (Å²) in [7, 11) is 1.74. The molecule has 17 heavy (non-hydrogen) atoms. The highest BCUT2D eigenvalue weighted by Gasteiger charge is 2.11. The lowest BCUT2D eigenvalue weighted by Crippen LogP contribution is -2.30. The van der Waals surface area contributed by atoms with Crippen LogP contribution in [0.1, 0.15) is 44.9 Å². The Bertz CT molecular complexity index is 156. The van der Waals surface area contributed by atoms with Crippen LogP contribution in [0.4, 0.5) is 0 Å². The van der Waals surface area contributed by atoms with E-state index in [0.717, 1.165) is 32.2 Å². The Morgan fingerprint density at radius 2 is 1.53 bits per heavy atom. The summed E-state index contributed by atoms with van der Waals surface area (Å²) in [6.07, 6.45) is 10.2. The smallest absolute Gasteiger partial charge is 0.0587 e. The molecule has 102 valence electrons. The highest BCUT2D eigenvalue weighted by molar-refractivity contribution is 4.66. The molecule has 0 spiro atoms. The molecule has 3 heteroatoms. The van der Waals surface area contributed by atoms with Gasteiger partial charge in [0.05, 0.1) is 6.61 Å². The van der Waals surface area contributed by atoms with E-state index in [9.17, 15) is 0 Å². The second-order valence-electron chi connectivity index (χ2n) is 5.14. The third-order valence-corrected chi connectivity index (χ3v) is 3.67. The Balaban J connectivity index is 1.82. The number of hydrogen-bond acceptors (Lipinski definition) is 3. The molecular weight excluding hydrogens is 212 g/mol. The Hall–Kier alpha value is -0.120. The predicted octanol–water partition coefficient (Wildman–Crippen LogP) is 2.17. The first-order chi connectivity index (χ1) is 8.43. The van der Waals surface area contributed by atoms with E-state index < -0.39 is 0 Å². The Labute approximate surface area is 107 Å². The van der Waals surface area contributed by atoms with Crippen LogP contribution in [0.3, 0.4) is 0 Å². The van der Waals surface area contributed by atoms with Crippen LogP contribution >= 0.6 is 0 Å². The van der Waals surface area contributed by atoms with Gasteiger partial charge in [-0.2, -0.15) is 0 Å². The normalized spacial score (nSPS) is 18.2. The van der Waals surface area contributed by atoms with Crippen molar-refractivity contribution in [2.75, 3.05) is 39.9 Å². The second-order valence-corrected chi connectivity index (χ2v) is 5.14. The highest BCUT2D eigenvalue weighted by atomic mass is 16.5. The summed E-state index contributed by atoms with van der Waals surface area (Å²) < 4.78 is 4.98. The number of rotatable bonds is 9. The van der Waals surface area contributed by atoms with Gasteiger partial charge in [0.25, 0.3) is 0 Å². The van der Waals surface area contributed by atoms with Gasteiger partial charge in [-0.25, -0.2) is 0 Å². The van der Waals surface area contributed by atoms with Crippen LogP contribution in [0.2, 0.25) is 0 Å². The van der Waals surface area contributed by atoms with E-state index in [4.69, 9.17) is 4.74 Å². The minimum Gasteiger partial charge on any atom is -0.383 e. The van der Waals surface area contributed by atoms with Crippen molar-refractivity contribution in [3.8, 4) is 0 Å². The first-order valence-corrected chi connectivity index (χ1v) is 7.34. The van der Waals surface area contributed by atoms with Crippen molar-refractivity contribution in [1.82, 2.24) is 10.6 Å². The summed E-state index contributed by atoms with van der Waals surface area (Å²) in [5.41, 5.74) is 0. The molecule has 1 rings (SSSR count). The maximum absolute atomic E-state index is 4.98. The van der Waals surface area contributed by atoms with Gasteiger partial charge in [-0.1, -0.05) is 38.5 Å². The SMILES string of the molecule is COCCNCCNCCC1CCCCCC1. The van der Waals surface area contributed by atoms with Crippen molar-refractivity contribution in [1.29, 1.82) is 0 Å². The number of methoxy groups -OCH3 is 1. The van der Waals surface area contributed by atoms with Crippen LogP contribution in [0.5, 0.6) is 0 Å². The molecular formula is C14H30N2O. The fourth-order valence-corrected chi connectivity index (χ4v) is 2.56. The summed E-state index contributed by atoms with van der Waals surface area (Å²) in [6, 6.07) is 0. The molecule has 2 N–H and O–H groups in total. The van der Waals surface area contributed by atoms with E-state index in [-0.39, 0.29) is 0 Å². The third kappa shape index (κ3) is 8.58. The van der Waals surface area contributed by atoms with E-state index in [1.165, 1.54) is 51.5 Å². The van der Waals surface area contributed by atoms with E-state index in [2.05, 4.69) is 10.6 Å². The van der Waals surface area contributed by atoms with Crippen molar-refractivity contribution in [3.63, 3.8) is 0 Å². The fraction of sp³-hybridized carbons (Fsp3) is 1.00. The predicted molar refractivity (Wildman–Crippen MR) is 73.4 cm³/mol. The maximum atomic E-state index is 4.98. The van der Waals surface area contributed by atoms with Gasteiger partial charge in [0.15, 0.2) is 0 Å². The summed E-state index contributed by atoms with van der Waals surface area (Å²) >= 11 is 0. The zero-order chi connectivity index (χ0) is 12.2. The van der Waals surface area contributed by atoms with Crippen LogP contribution in [0.25, 0.3) is 0 Å². The van der Waals surface area contributed by atoms with E-state index >= 15 is 0 Å².